The molecular weight excluding hydrogens is 256 g/mol. The molecule has 0 saturated heterocycles. The molecule has 0 aromatic rings. The third-order valence-corrected chi connectivity index (χ3v) is 7.51. The van der Waals surface area contributed by atoms with Crippen molar-refractivity contribution < 1.29 is 5.11 Å². The smallest absolute Gasteiger partial charge is 0.0653 e. The molecule has 0 unspecified atom stereocenters. The van der Waals surface area contributed by atoms with Gasteiger partial charge in [-0.3, -0.25) is 0 Å². The fourth-order valence-corrected chi connectivity index (χ4v) is 6.32. The Kier molecular flexibility index (Phi) is 3.80. The predicted octanol–water partition coefficient (Wildman–Crippen LogP) is 5.19. The van der Waals surface area contributed by atoms with Crippen molar-refractivity contribution in [2.45, 2.75) is 78.7 Å². The van der Waals surface area contributed by atoms with Crippen LogP contribution in [-0.4, -0.2) is 10.7 Å². The van der Waals surface area contributed by atoms with Crippen LogP contribution < -0.4 is 0 Å². The standard InChI is InChI=1S/C20H34O/c1-13(2)16-8-9-17-15-12-14(3)6-7-18(15)20(5,21)11-10-19(16,17)4/h12-13,15-18,21H,6-11H2,1-5H3/t15-,16-,17-,18-,19+,20-/m1/s1. The first kappa shape index (κ1) is 15.6. The zero-order chi connectivity index (χ0) is 15.4. The fraction of sp³-hybridized carbons (Fsp3) is 0.900. The van der Waals surface area contributed by atoms with Gasteiger partial charge in [0.15, 0.2) is 0 Å². The van der Waals surface area contributed by atoms with E-state index in [0.29, 0.717) is 17.3 Å². The van der Waals surface area contributed by atoms with Gasteiger partial charge in [0.25, 0.3) is 0 Å². The minimum atomic E-state index is -0.462. The van der Waals surface area contributed by atoms with Crippen LogP contribution in [0.2, 0.25) is 0 Å². The van der Waals surface area contributed by atoms with E-state index in [1.807, 2.05) is 0 Å². The summed E-state index contributed by atoms with van der Waals surface area (Å²) in [6, 6.07) is 0. The van der Waals surface area contributed by atoms with Gasteiger partial charge < -0.3 is 5.11 Å². The average molecular weight is 290 g/mol. The molecule has 120 valence electrons. The number of allylic oxidation sites excluding steroid dienone is 2. The van der Waals surface area contributed by atoms with E-state index in [1.54, 1.807) is 5.57 Å². The molecule has 0 heterocycles. The van der Waals surface area contributed by atoms with Crippen molar-refractivity contribution in [1.29, 1.82) is 0 Å². The summed E-state index contributed by atoms with van der Waals surface area (Å²) in [5.41, 5.74) is 1.53. The summed E-state index contributed by atoms with van der Waals surface area (Å²) in [5.74, 6) is 3.51. The Hall–Kier alpha value is -0.300. The molecule has 0 aromatic carbocycles. The molecule has 6 atom stereocenters. The number of hydrogen-bond acceptors (Lipinski definition) is 1. The monoisotopic (exact) mass is 290 g/mol. The lowest BCUT2D eigenvalue weighted by Crippen LogP contribution is -2.41. The second-order valence-electron chi connectivity index (χ2n) is 9.13. The normalized spacial score (nSPS) is 50.3. The lowest BCUT2D eigenvalue weighted by Gasteiger charge is -2.43. The minimum absolute atomic E-state index is 0.436. The first-order chi connectivity index (χ1) is 9.75. The molecule has 0 aromatic heterocycles. The SMILES string of the molecule is CC1=C[C@@H]2[C@H]3CC[C@H](C(C)C)[C@]3(C)CC[C@@](C)(O)[C@@H]2CC1. The highest BCUT2D eigenvalue weighted by Crippen LogP contribution is 2.62. The maximum atomic E-state index is 11.1. The van der Waals surface area contributed by atoms with Gasteiger partial charge >= 0.3 is 0 Å². The summed E-state index contributed by atoms with van der Waals surface area (Å²) in [5, 5.41) is 11.1. The van der Waals surface area contributed by atoms with Crippen molar-refractivity contribution in [2.24, 2.45) is 35.0 Å². The molecule has 3 aliphatic carbocycles. The van der Waals surface area contributed by atoms with Gasteiger partial charge in [0, 0.05) is 0 Å². The van der Waals surface area contributed by atoms with E-state index in [2.05, 4.69) is 40.7 Å². The third kappa shape index (κ3) is 2.40. The number of rotatable bonds is 1. The van der Waals surface area contributed by atoms with E-state index < -0.39 is 5.60 Å². The minimum Gasteiger partial charge on any atom is -0.390 e. The third-order valence-electron chi connectivity index (χ3n) is 7.51. The van der Waals surface area contributed by atoms with Crippen molar-refractivity contribution in [1.82, 2.24) is 0 Å². The zero-order valence-corrected chi connectivity index (χ0v) is 14.7. The van der Waals surface area contributed by atoms with Crippen LogP contribution >= 0.6 is 0 Å². The summed E-state index contributed by atoms with van der Waals surface area (Å²) in [7, 11) is 0. The molecule has 1 nitrogen and oxygen atoms in total. The van der Waals surface area contributed by atoms with Crippen LogP contribution in [0.5, 0.6) is 0 Å². The summed E-state index contributed by atoms with van der Waals surface area (Å²) in [6.45, 7) is 11.8. The van der Waals surface area contributed by atoms with Crippen molar-refractivity contribution in [3.8, 4) is 0 Å². The Morgan fingerprint density at radius 3 is 2.48 bits per heavy atom. The summed E-state index contributed by atoms with van der Waals surface area (Å²) >= 11 is 0. The van der Waals surface area contributed by atoms with Crippen molar-refractivity contribution >= 4 is 0 Å². The fourth-order valence-electron chi connectivity index (χ4n) is 6.32. The molecule has 0 spiro atoms. The zero-order valence-electron chi connectivity index (χ0n) is 14.7. The molecule has 2 saturated carbocycles. The van der Waals surface area contributed by atoms with Gasteiger partial charge in [-0.05, 0) is 87.4 Å². The van der Waals surface area contributed by atoms with Crippen LogP contribution in [0.3, 0.4) is 0 Å². The Balaban J connectivity index is 2.02. The van der Waals surface area contributed by atoms with Crippen molar-refractivity contribution in [3.05, 3.63) is 11.6 Å². The van der Waals surface area contributed by atoms with Crippen LogP contribution in [0, 0.1) is 35.0 Å². The maximum Gasteiger partial charge on any atom is 0.0653 e. The summed E-state index contributed by atoms with van der Waals surface area (Å²) in [4.78, 5) is 0. The molecule has 0 aliphatic heterocycles. The average Bonchev–Trinajstić information content (AvgIpc) is 2.70. The molecular formula is C20H34O. The molecule has 0 amide bonds. The maximum absolute atomic E-state index is 11.1. The molecule has 3 aliphatic rings. The van der Waals surface area contributed by atoms with E-state index in [1.165, 1.54) is 32.1 Å². The van der Waals surface area contributed by atoms with Gasteiger partial charge in [-0.1, -0.05) is 32.4 Å². The van der Waals surface area contributed by atoms with Gasteiger partial charge in [-0.25, -0.2) is 0 Å². The van der Waals surface area contributed by atoms with Crippen LogP contribution in [0.15, 0.2) is 11.6 Å². The van der Waals surface area contributed by atoms with E-state index in [0.717, 1.165) is 24.2 Å². The second-order valence-corrected chi connectivity index (χ2v) is 9.13. The molecule has 2 fully saturated rings. The van der Waals surface area contributed by atoms with Gasteiger partial charge in [0.1, 0.15) is 0 Å². The lowest BCUT2D eigenvalue weighted by atomic mass is 9.62. The highest BCUT2D eigenvalue weighted by Gasteiger charge is 2.56. The highest BCUT2D eigenvalue weighted by molar-refractivity contribution is 5.16. The van der Waals surface area contributed by atoms with Crippen molar-refractivity contribution in [3.63, 3.8) is 0 Å². The Labute approximate surface area is 131 Å². The van der Waals surface area contributed by atoms with Gasteiger partial charge in [-0.2, -0.15) is 0 Å². The topological polar surface area (TPSA) is 20.2 Å². The first-order valence-electron chi connectivity index (χ1n) is 9.15. The summed E-state index contributed by atoms with van der Waals surface area (Å²) < 4.78 is 0. The number of aliphatic hydroxyl groups is 1. The van der Waals surface area contributed by atoms with Gasteiger partial charge in [0.2, 0.25) is 0 Å². The van der Waals surface area contributed by atoms with E-state index in [4.69, 9.17) is 0 Å². The van der Waals surface area contributed by atoms with Crippen LogP contribution in [-0.2, 0) is 0 Å². The van der Waals surface area contributed by atoms with Gasteiger partial charge in [-0.15, -0.1) is 0 Å². The van der Waals surface area contributed by atoms with Crippen LogP contribution in [0.4, 0.5) is 0 Å². The summed E-state index contributed by atoms with van der Waals surface area (Å²) in [6.07, 6.45) is 9.93. The number of hydrogen-bond donors (Lipinski definition) is 1. The lowest BCUT2D eigenvalue weighted by molar-refractivity contribution is -0.0307. The molecule has 1 heteroatoms. The Morgan fingerprint density at radius 1 is 1.10 bits per heavy atom. The number of fused-ring (bicyclic) bond motifs is 3. The van der Waals surface area contributed by atoms with Crippen LogP contribution in [0.25, 0.3) is 0 Å². The van der Waals surface area contributed by atoms with Crippen molar-refractivity contribution in [2.75, 3.05) is 0 Å². The molecule has 0 radical (unpaired) electrons. The molecule has 21 heavy (non-hydrogen) atoms. The van der Waals surface area contributed by atoms with E-state index in [9.17, 15) is 5.11 Å². The second kappa shape index (κ2) is 5.11. The Bertz CT molecular complexity index is 433. The van der Waals surface area contributed by atoms with Gasteiger partial charge in [0.05, 0.1) is 5.60 Å². The van der Waals surface area contributed by atoms with E-state index in [-0.39, 0.29) is 0 Å². The first-order valence-corrected chi connectivity index (χ1v) is 9.15. The van der Waals surface area contributed by atoms with Crippen LogP contribution in [0.1, 0.15) is 73.1 Å². The largest absolute Gasteiger partial charge is 0.390 e. The highest BCUT2D eigenvalue weighted by atomic mass is 16.3. The quantitative estimate of drug-likeness (QED) is 0.659. The molecule has 1 N–H and O–H groups in total. The Morgan fingerprint density at radius 2 is 1.81 bits per heavy atom. The predicted molar refractivity (Wildman–Crippen MR) is 89.0 cm³/mol. The molecule has 0 bridgehead atoms. The molecule has 3 rings (SSSR count). The van der Waals surface area contributed by atoms with E-state index >= 15 is 0 Å².